The molecule has 0 fully saturated rings. The summed E-state index contributed by atoms with van der Waals surface area (Å²) in [5.41, 5.74) is 1.71. The molecule has 0 spiro atoms. The fraction of sp³-hybridized carbons (Fsp3) is 0.600. The molecule has 1 rings (SSSR count). The molecule has 27 heavy (non-hydrogen) atoms. The molecule has 0 saturated carbocycles. The van der Waals surface area contributed by atoms with Gasteiger partial charge >= 0.3 is 0 Å². The Kier molecular flexibility index (Phi) is 13.7. The molecule has 1 atom stereocenters. The maximum Gasteiger partial charge on any atom is 0.221 e. The summed E-state index contributed by atoms with van der Waals surface area (Å²) < 4.78 is 5.28. The zero-order valence-electron chi connectivity index (χ0n) is 17.2. The molecule has 0 saturated heterocycles. The number of methoxy groups -OCH3 is 1. The van der Waals surface area contributed by atoms with Gasteiger partial charge in [0.1, 0.15) is 5.75 Å². The van der Waals surface area contributed by atoms with Crippen molar-refractivity contribution >= 4 is 41.5 Å². The molecule has 0 aliphatic heterocycles. The van der Waals surface area contributed by atoms with E-state index >= 15 is 0 Å². The Balaban J connectivity index is 0.00000676. The van der Waals surface area contributed by atoms with Crippen LogP contribution in [0.4, 0.5) is 5.69 Å². The Morgan fingerprint density at radius 1 is 1.26 bits per heavy atom. The molecule has 1 aromatic carbocycles. The van der Waals surface area contributed by atoms with Gasteiger partial charge in [0.15, 0.2) is 5.96 Å². The predicted molar refractivity (Wildman–Crippen MR) is 124 cm³/mol. The number of hydrogen-bond donors (Lipinski definition) is 3. The number of amides is 1. The average Bonchev–Trinajstić information content (AvgIpc) is 2.62. The molecular formula is C20H35IN4O2. The number of carbonyl (C=O) groups is 1. The molecular weight excluding hydrogens is 455 g/mol. The summed E-state index contributed by atoms with van der Waals surface area (Å²) in [4.78, 5) is 15.6. The van der Waals surface area contributed by atoms with E-state index in [0.29, 0.717) is 24.0 Å². The van der Waals surface area contributed by atoms with Gasteiger partial charge in [0.05, 0.1) is 12.8 Å². The number of hydrogen-bond acceptors (Lipinski definition) is 3. The molecule has 0 heterocycles. The van der Waals surface area contributed by atoms with E-state index < -0.39 is 0 Å². The van der Waals surface area contributed by atoms with Crippen molar-refractivity contribution < 1.29 is 9.53 Å². The van der Waals surface area contributed by atoms with Crippen molar-refractivity contribution in [1.82, 2.24) is 10.6 Å². The van der Waals surface area contributed by atoms with Crippen LogP contribution in [-0.4, -0.2) is 32.1 Å². The number of halogens is 1. The first-order valence-electron chi connectivity index (χ1n) is 9.41. The normalized spacial score (nSPS) is 12.0. The smallest absolute Gasteiger partial charge is 0.221 e. The summed E-state index contributed by atoms with van der Waals surface area (Å²) in [5.74, 6) is 1.31. The molecule has 7 heteroatoms. The molecule has 0 radical (unpaired) electrons. The zero-order valence-corrected chi connectivity index (χ0v) is 19.6. The minimum absolute atomic E-state index is 0. The molecule has 3 N–H and O–H groups in total. The van der Waals surface area contributed by atoms with Crippen LogP contribution >= 0.6 is 24.0 Å². The van der Waals surface area contributed by atoms with Gasteiger partial charge < -0.3 is 20.7 Å². The highest BCUT2D eigenvalue weighted by atomic mass is 127. The van der Waals surface area contributed by atoms with Crippen molar-refractivity contribution in [3.63, 3.8) is 0 Å². The molecule has 0 bridgehead atoms. The summed E-state index contributed by atoms with van der Waals surface area (Å²) >= 11 is 0. The number of anilines is 1. The van der Waals surface area contributed by atoms with Crippen molar-refractivity contribution in [2.75, 3.05) is 19.5 Å². The van der Waals surface area contributed by atoms with Gasteiger partial charge in [-0.1, -0.05) is 38.7 Å². The van der Waals surface area contributed by atoms with Gasteiger partial charge in [-0.2, -0.15) is 0 Å². The molecule has 0 aromatic heterocycles. The van der Waals surface area contributed by atoms with E-state index in [1.54, 1.807) is 14.2 Å². The SMILES string of the molecule is CCCCCCC(C)NC(=NC)NCc1ccc(OC)c(NC(C)=O)c1.I. The number of carbonyl (C=O) groups excluding carboxylic acids is 1. The average molecular weight is 490 g/mol. The Morgan fingerprint density at radius 3 is 2.59 bits per heavy atom. The zero-order chi connectivity index (χ0) is 19.4. The second-order valence-electron chi connectivity index (χ2n) is 6.54. The molecule has 1 aromatic rings. The Morgan fingerprint density at radius 2 is 2.00 bits per heavy atom. The molecule has 1 amide bonds. The van der Waals surface area contributed by atoms with Gasteiger partial charge in [0, 0.05) is 26.6 Å². The number of benzene rings is 1. The maximum absolute atomic E-state index is 11.3. The van der Waals surface area contributed by atoms with E-state index in [-0.39, 0.29) is 29.9 Å². The highest BCUT2D eigenvalue weighted by Gasteiger charge is 2.08. The lowest BCUT2D eigenvalue weighted by atomic mass is 10.1. The van der Waals surface area contributed by atoms with E-state index in [4.69, 9.17) is 4.74 Å². The third kappa shape index (κ3) is 10.4. The summed E-state index contributed by atoms with van der Waals surface area (Å²) in [6.45, 7) is 6.50. The van der Waals surface area contributed by atoms with Crippen molar-refractivity contribution in [2.24, 2.45) is 4.99 Å². The third-order valence-corrected chi connectivity index (χ3v) is 4.13. The van der Waals surface area contributed by atoms with Crippen molar-refractivity contribution in [1.29, 1.82) is 0 Å². The Labute approximate surface area is 181 Å². The largest absolute Gasteiger partial charge is 0.495 e. The van der Waals surface area contributed by atoms with Crippen LogP contribution in [0, 0.1) is 0 Å². The van der Waals surface area contributed by atoms with Crippen LogP contribution in [0.5, 0.6) is 5.75 Å². The van der Waals surface area contributed by atoms with Gasteiger partial charge in [-0.3, -0.25) is 9.79 Å². The first kappa shape index (κ1) is 25.5. The molecule has 154 valence electrons. The predicted octanol–water partition coefficient (Wildman–Crippen LogP) is 4.30. The van der Waals surface area contributed by atoms with Gasteiger partial charge in [-0.05, 0) is 31.0 Å². The van der Waals surface area contributed by atoms with Crippen LogP contribution in [0.1, 0.15) is 58.4 Å². The fourth-order valence-electron chi connectivity index (χ4n) is 2.72. The number of aliphatic imine (C=N–C) groups is 1. The van der Waals surface area contributed by atoms with Crippen LogP contribution in [0.3, 0.4) is 0 Å². The number of guanidine groups is 1. The van der Waals surface area contributed by atoms with Crippen LogP contribution in [0.2, 0.25) is 0 Å². The monoisotopic (exact) mass is 490 g/mol. The number of nitrogens with one attached hydrogen (secondary N) is 3. The summed E-state index contributed by atoms with van der Waals surface area (Å²) in [7, 11) is 3.36. The molecule has 6 nitrogen and oxygen atoms in total. The van der Waals surface area contributed by atoms with Gasteiger partial charge in [0.25, 0.3) is 0 Å². The fourth-order valence-corrected chi connectivity index (χ4v) is 2.72. The molecule has 0 aliphatic rings. The standard InChI is InChI=1S/C20H34N4O2.HI/c1-6-7-8-9-10-15(2)23-20(21-4)22-14-17-11-12-19(26-5)18(13-17)24-16(3)25;/h11-13,15H,6-10,14H2,1-5H3,(H,24,25)(H2,21,22,23);1H. The number of rotatable bonds is 10. The topological polar surface area (TPSA) is 74.8 Å². The first-order chi connectivity index (χ1) is 12.5. The number of nitrogens with zero attached hydrogens (tertiary/aromatic N) is 1. The minimum Gasteiger partial charge on any atom is -0.495 e. The first-order valence-corrected chi connectivity index (χ1v) is 9.41. The van der Waals surface area contributed by atoms with Gasteiger partial charge in [0.2, 0.25) is 5.91 Å². The van der Waals surface area contributed by atoms with Crippen molar-refractivity contribution in [3.05, 3.63) is 23.8 Å². The Bertz CT molecular complexity index is 593. The van der Waals surface area contributed by atoms with E-state index in [9.17, 15) is 4.79 Å². The van der Waals surface area contributed by atoms with E-state index in [1.807, 2.05) is 18.2 Å². The second-order valence-corrected chi connectivity index (χ2v) is 6.54. The summed E-state index contributed by atoms with van der Waals surface area (Å²) in [6.07, 6.45) is 6.21. The van der Waals surface area contributed by atoms with E-state index in [2.05, 4.69) is 34.8 Å². The third-order valence-electron chi connectivity index (χ3n) is 4.13. The van der Waals surface area contributed by atoms with Gasteiger partial charge in [-0.15, -0.1) is 24.0 Å². The van der Waals surface area contributed by atoms with E-state index in [0.717, 1.165) is 17.9 Å². The van der Waals surface area contributed by atoms with Crippen molar-refractivity contribution in [2.45, 2.75) is 65.5 Å². The molecule has 0 aliphatic carbocycles. The lowest BCUT2D eigenvalue weighted by Crippen LogP contribution is -2.41. The minimum atomic E-state index is -0.122. The maximum atomic E-state index is 11.3. The Hall–Kier alpha value is -1.51. The lowest BCUT2D eigenvalue weighted by molar-refractivity contribution is -0.114. The van der Waals surface area contributed by atoms with E-state index in [1.165, 1.54) is 32.6 Å². The number of ether oxygens (including phenoxy) is 1. The highest BCUT2D eigenvalue weighted by Crippen LogP contribution is 2.25. The summed E-state index contributed by atoms with van der Waals surface area (Å²) in [5, 5.41) is 9.54. The summed E-state index contributed by atoms with van der Waals surface area (Å²) in [6, 6.07) is 6.12. The number of unbranched alkanes of at least 4 members (excludes halogenated alkanes) is 3. The quantitative estimate of drug-likeness (QED) is 0.198. The van der Waals surface area contributed by atoms with Gasteiger partial charge in [-0.25, -0.2) is 0 Å². The van der Waals surface area contributed by atoms with Crippen LogP contribution < -0.4 is 20.7 Å². The second kappa shape index (κ2) is 14.5. The lowest BCUT2D eigenvalue weighted by Gasteiger charge is -2.18. The van der Waals surface area contributed by atoms with Crippen LogP contribution in [-0.2, 0) is 11.3 Å². The molecule has 1 unspecified atom stereocenters. The van der Waals surface area contributed by atoms with Crippen LogP contribution in [0.15, 0.2) is 23.2 Å². The van der Waals surface area contributed by atoms with Crippen LogP contribution in [0.25, 0.3) is 0 Å². The van der Waals surface area contributed by atoms with Crippen molar-refractivity contribution in [3.8, 4) is 5.75 Å². The highest BCUT2D eigenvalue weighted by molar-refractivity contribution is 14.0.